The predicted octanol–water partition coefficient (Wildman–Crippen LogP) is 3.88. The fraction of sp³-hybridized carbons (Fsp3) is 0.136. The summed E-state index contributed by atoms with van der Waals surface area (Å²) in [6, 6.07) is 20.0. The third kappa shape index (κ3) is 5.81. The van der Waals surface area contributed by atoms with Gasteiger partial charge in [0.05, 0.1) is 10.9 Å². The summed E-state index contributed by atoms with van der Waals surface area (Å²) in [7, 11) is -3.83. The molecule has 0 aliphatic rings. The SMILES string of the molecule is C[C@@H](NC(=O)COc1ccc(S(=O)(=O)Nc2ccc(F)cc2)cc1)c1ccccc1. The van der Waals surface area contributed by atoms with Crippen LogP contribution in [0.2, 0.25) is 0 Å². The number of carbonyl (C=O) groups excluding carboxylic acids is 1. The number of hydrogen-bond donors (Lipinski definition) is 2. The van der Waals surface area contributed by atoms with Gasteiger partial charge >= 0.3 is 0 Å². The number of benzene rings is 3. The van der Waals surface area contributed by atoms with Gasteiger partial charge in [-0.3, -0.25) is 9.52 Å². The molecule has 3 aromatic carbocycles. The molecule has 156 valence electrons. The Morgan fingerprint density at radius 2 is 1.60 bits per heavy atom. The van der Waals surface area contributed by atoms with Crippen LogP contribution in [0.4, 0.5) is 10.1 Å². The molecule has 1 atom stereocenters. The first-order valence-corrected chi connectivity index (χ1v) is 10.7. The van der Waals surface area contributed by atoms with Gasteiger partial charge in [-0.1, -0.05) is 30.3 Å². The monoisotopic (exact) mass is 428 g/mol. The number of halogens is 1. The second kappa shape index (κ2) is 9.41. The summed E-state index contributed by atoms with van der Waals surface area (Å²) >= 11 is 0. The molecule has 0 radical (unpaired) electrons. The van der Waals surface area contributed by atoms with Gasteiger partial charge in [-0.2, -0.15) is 0 Å². The van der Waals surface area contributed by atoms with E-state index in [2.05, 4.69) is 10.0 Å². The van der Waals surface area contributed by atoms with Crippen molar-refractivity contribution >= 4 is 21.6 Å². The number of hydrogen-bond acceptors (Lipinski definition) is 4. The average Bonchev–Trinajstić information content (AvgIpc) is 2.74. The van der Waals surface area contributed by atoms with Crippen LogP contribution in [0.15, 0.2) is 83.8 Å². The van der Waals surface area contributed by atoms with Gasteiger partial charge in [-0.25, -0.2) is 12.8 Å². The molecule has 0 fully saturated rings. The van der Waals surface area contributed by atoms with Crippen molar-refractivity contribution in [1.82, 2.24) is 5.32 Å². The molecule has 1 amide bonds. The van der Waals surface area contributed by atoms with E-state index in [1.165, 1.54) is 48.5 Å². The molecule has 6 nitrogen and oxygen atoms in total. The first kappa shape index (κ1) is 21.3. The molecule has 0 saturated heterocycles. The summed E-state index contributed by atoms with van der Waals surface area (Å²) in [5.41, 5.74) is 1.23. The highest BCUT2D eigenvalue weighted by molar-refractivity contribution is 7.92. The van der Waals surface area contributed by atoms with Crippen LogP contribution in [-0.4, -0.2) is 20.9 Å². The molecular formula is C22H21FN2O4S. The molecule has 3 rings (SSSR count). The Hall–Kier alpha value is -3.39. The van der Waals surface area contributed by atoms with Crippen LogP contribution in [-0.2, 0) is 14.8 Å². The van der Waals surface area contributed by atoms with Crippen LogP contribution in [0.5, 0.6) is 5.75 Å². The Bertz CT molecular complexity index is 1090. The van der Waals surface area contributed by atoms with Crippen molar-refractivity contribution in [2.24, 2.45) is 0 Å². The molecule has 0 aromatic heterocycles. The van der Waals surface area contributed by atoms with E-state index in [9.17, 15) is 17.6 Å². The maximum absolute atomic E-state index is 13.0. The van der Waals surface area contributed by atoms with E-state index in [1.807, 2.05) is 37.3 Å². The van der Waals surface area contributed by atoms with Crippen molar-refractivity contribution in [2.45, 2.75) is 17.9 Å². The second-order valence-corrected chi connectivity index (χ2v) is 8.25. The zero-order valence-electron chi connectivity index (χ0n) is 16.2. The third-order valence-electron chi connectivity index (χ3n) is 4.28. The van der Waals surface area contributed by atoms with Crippen molar-refractivity contribution in [3.8, 4) is 5.75 Å². The Labute approximate surface area is 174 Å². The number of ether oxygens (including phenoxy) is 1. The summed E-state index contributed by atoms with van der Waals surface area (Å²) < 4.78 is 45.6. The number of nitrogens with one attached hydrogen (secondary N) is 2. The fourth-order valence-corrected chi connectivity index (χ4v) is 3.76. The highest BCUT2D eigenvalue weighted by Gasteiger charge is 2.15. The molecule has 0 spiro atoms. The highest BCUT2D eigenvalue weighted by atomic mass is 32.2. The summed E-state index contributed by atoms with van der Waals surface area (Å²) in [5.74, 6) is -0.388. The van der Waals surface area contributed by atoms with Crippen molar-refractivity contribution in [3.63, 3.8) is 0 Å². The van der Waals surface area contributed by atoms with E-state index in [0.29, 0.717) is 5.75 Å². The van der Waals surface area contributed by atoms with E-state index in [-0.39, 0.29) is 29.1 Å². The number of amides is 1. The normalized spacial score (nSPS) is 12.1. The van der Waals surface area contributed by atoms with Crippen molar-refractivity contribution in [2.75, 3.05) is 11.3 Å². The maximum Gasteiger partial charge on any atom is 0.261 e. The minimum absolute atomic E-state index is 0.0151. The van der Waals surface area contributed by atoms with Crippen LogP contribution < -0.4 is 14.8 Å². The smallest absolute Gasteiger partial charge is 0.261 e. The molecule has 30 heavy (non-hydrogen) atoms. The Morgan fingerprint density at radius 3 is 2.23 bits per heavy atom. The zero-order chi connectivity index (χ0) is 21.6. The molecule has 3 aromatic rings. The minimum Gasteiger partial charge on any atom is -0.484 e. The van der Waals surface area contributed by atoms with Crippen LogP contribution in [0.25, 0.3) is 0 Å². The molecule has 8 heteroatoms. The predicted molar refractivity (Wildman–Crippen MR) is 112 cm³/mol. The van der Waals surface area contributed by atoms with E-state index >= 15 is 0 Å². The molecule has 0 heterocycles. The Kier molecular flexibility index (Phi) is 6.68. The molecule has 2 N–H and O–H groups in total. The topological polar surface area (TPSA) is 84.5 Å². The lowest BCUT2D eigenvalue weighted by atomic mass is 10.1. The Morgan fingerprint density at radius 1 is 0.967 bits per heavy atom. The van der Waals surface area contributed by atoms with Gasteiger partial charge < -0.3 is 10.1 Å². The van der Waals surface area contributed by atoms with Gasteiger partial charge in [0.15, 0.2) is 6.61 Å². The quantitative estimate of drug-likeness (QED) is 0.570. The summed E-state index contributed by atoms with van der Waals surface area (Å²) in [4.78, 5) is 12.1. The van der Waals surface area contributed by atoms with Crippen molar-refractivity contribution < 1.29 is 22.3 Å². The van der Waals surface area contributed by atoms with Gasteiger partial charge in [0.1, 0.15) is 11.6 Å². The Balaban J connectivity index is 1.55. The molecular weight excluding hydrogens is 407 g/mol. The third-order valence-corrected chi connectivity index (χ3v) is 5.67. The fourth-order valence-electron chi connectivity index (χ4n) is 2.70. The first-order valence-electron chi connectivity index (χ1n) is 9.19. The van der Waals surface area contributed by atoms with Crippen LogP contribution in [0.1, 0.15) is 18.5 Å². The average molecular weight is 428 g/mol. The summed E-state index contributed by atoms with van der Waals surface area (Å²) in [6.45, 7) is 1.68. The second-order valence-electron chi connectivity index (χ2n) is 6.57. The van der Waals surface area contributed by atoms with Crippen molar-refractivity contribution in [3.05, 3.63) is 90.2 Å². The minimum atomic E-state index is -3.83. The van der Waals surface area contributed by atoms with Gasteiger partial charge in [0.2, 0.25) is 0 Å². The van der Waals surface area contributed by atoms with E-state index in [4.69, 9.17) is 4.74 Å². The largest absolute Gasteiger partial charge is 0.484 e. The summed E-state index contributed by atoms with van der Waals surface area (Å²) in [6.07, 6.45) is 0. The molecule has 0 saturated carbocycles. The van der Waals surface area contributed by atoms with E-state index in [1.54, 1.807) is 0 Å². The maximum atomic E-state index is 13.0. The standard InChI is InChI=1S/C22H21FN2O4S/c1-16(17-5-3-2-4-6-17)24-22(26)15-29-20-11-13-21(14-12-20)30(27,28)25-19-9-7-18(23)8-10-19/h2-14,16,25H,15H2,1H3,(H,24,26)/t16-/m1/s1. The van der Waals surface area contributed by atoms with Crippen LogP contribution >= 0.6 is 0 Å². The number of rotatable bonds is 8. The zero-order valence-corrected chi connectivity index (χ0v) is 17.0. The lowest BCUT2D eigenvalue weighted by Crippen LogP contribution is -2.31. The molecule has 0 bridgehead atoms. The molecule has 0 unspecified atom stereocenters. The van der Waals surface area contributed by atoms with Gasteiger partial charge in [-0.15, -0.1) is 0 Å². The summed E-state index contributed by atoms with van der Waals surface area (Å²) in [5, 5.41) is 2.84. The van der Waals surface area contributed by atoms with Crippen LogP contribution in [0, 0.1) is 5.82 Å². The van der Waals surface area contributed by atoms with Crippen LogP contribution in [0.3, 0.4) is 0 Å². The van der Waals surface area contributed by atoms with Crippen molar-refractivity contribution in [1.29, 1.82) is 0 Å². The molecule has 0 aliphatic heterocycles. The van der Waals surface area contributed by atoms with E-state index < -0.39 is 15.8 Å². The lowest BCUT2D eigenvalue weighted by molar-refractivity contribution is -0.123. The van der Waals surface area contributed by atoms with Gasteiger partial charge in [-0.05, 0) is 61.0 Å². The first-order chi connectivity index (χ1) is 14.3. The lowest BCUT2D eigenvalue weighted by Gasteiger charge is -2.14. The molecule has 0 aliphatic carbocycles. The van der Waals surface area contributed by atoms with E-state index in [0.717, 1.165) is 5.56 Å². The van der Waals surface area contributed by atoms with Gasteiger partial charge in [0, 0.05) is 5.69 Å². The van der Waals surface area contributed by atoms with Gasteiger partial charge in [0.25, 0.3) is 15.9 Å². The number of sulfonamides is 1. The number of anilines is 1. The number of carbonyl (C=O) groups is 1. The highest BCUT2D eigenvalue weighted by Crippen LogP contribution is 2.19.